The second kappa shape index (κ2) is 7.47. The highest BCUT2D eigenvalue weighted by Gasteiger charge is 2.23. The van der Waals surface area contributed by atoms with Crippen molar-refractivity contribution in [3.63, 3.8) is 0 Å². The molecule has 0 saturated carbocycles. The van der Waals surface area contributed by atoms with Gasteiger partial charge < -0.3 is 16.0 Å². The number of fused-ring (bicyclic) bond motifs is 1. The second-order valence-corrected chi connectivity index (χ2v) is 6.81. The van der Waals surface area contributed by atoms with E-state index in [-0.39, 0.29) is 6.04 Å². The summed E-state index contributed by atoms with van der Waals surface area (Å²) in [6.45, 7) is 2.53. The molecule has 2 aromatic carbocycles. The first-order valence-electron chi connectivity index (χ1n) is 9.00. The van der Waals surface area contributed by atoms with E-state index in [9.17, 15) is 13.6 Å². The number of primary amides is 1. The smallest absolute Gasteiger partial charge is 0.250 e. The normalized spacial score (nSPS) is 15.2. The van der Waals surface area contributed by atoms with Gasteiger partial charge in [0.05, 0.1) is 17.1 Å². The number of hydrogen-bond acceptors (Lipinski definition) is 5. The van der Waals surface area contributed by atoms with Crippen LogP contribution in [-0.4, -0.2) is 40.4 Å². The molecule has 1 fully saturated rings. The quantitative estimate of drug-likeness (QED) is 0.684. The Labute approximate surface area is 160 Å². The monoisotopic (exact) mass is 383 g/mol. The molecule has 1 aromatic heterocycles. The van der Waals surface area contributed by atoms with Gasteiger partial charge in [-0.3, -0.25) is 4.79 Å². The summed E-state index contributed by atoms with van der Waals surface area (Å²) in [7, 11) is 0. The number of nitrogens with two attached hydrogens (primary N) is 1. The summed E-state index contributed by atoms with van der Waals surface area (Å²) in [5.74, 6) is -1.85. The highest BCUT2D eigenvalue weighted by atomic mass is 19.2. The fraction of sp³-hybridized carbons (Fsp3) is 0.250. The third-order valence-corrected chi connectivity index (χ3v) is 4.98. The zero-order valence-corrected chi connectivity index (χ0v) is 15.0. The molecule has 0 bridgehead atoms. The predicted octanol–water partition coefficient (Wildman–Crippen LogP) is 2.87. The Hall–Kier alpha value is -3.13. The van der Waals surface area contributed by atoms with Crippen LogP contribution in [-0.2, 0) is 0 Å². The summed E-state index contributed by atoms with van der Waals surface area (Å²) in [4.78, 5) is 22.4. The molecule has 1 aliphatic heterocycles. The SMILES string of the molecule is NC(=O)c1cccc2c(N[C@H](CN3CCC3)c3ccc(F)c(F)c3)ncnc12. The number of benzene rings is 2. The number of anilines is 1. The van der Waals surface area contributed by atoms with Crippen LogP contribution in [0, 0.1) is 11.6 Å². The topological polar surface area (TPSA) is 84.1 Å². The van der Waals surface area contributed by atoms with Gasteiger partial charge in [-0.15, -0.1) is 0 Å². The molecule has 1 saturated heterocycles. The first kappa shape index (κ1) is 18.2. The average Bonchev–Trinajstić information content (AvgIpc) is 2.65. The van der Waals surface area contributed by atoms with Gasteiger partial charge in [0.2, 0.25) is 0 Å². The van der Waals surface area contributed by atoms with Gasteiger partial charge in [0.25, 0.3) is 5.91 Å². The van der Waals surface area contributed by atoms with E-state index in [1.807, 2.05) is 0 Å². The third-order valence-electron chi connectivity index (χ3n) is 4.98. The van der Waals surface area contributed by atoms with Crippen molar-refractivity contribution in [2.75, 3.05) is 25.0 Å². The highest BCUT2D eigenvalue weighted by Crippen LogP contribution is 2.28. The molecule has 1 atom stereocenters. The van der Waals surface area contributed by atoms with Gasteiger partial charge in [0.1, 0.15) is 12.1 Å². The summed E-state index contributed by atoms with van der Waals surface area (Å²) in [5.41, 5.74) is 6.80. The van der Waals surface area contributed by atoms with E-state index in [4.69, 9.17) is 5.73 Å². The molecule has 0 unspecified atom stereocenters. The van der Waals surface area contributed by atoms with Crippen LogP contribution in [0.3, 0.4) is 0 Å². The average molecular weight is 383 g/mol. The summed E-state index contributed by atoms with van der Waals surface area (Å²) >= 11 is 0. The Balaban J connectivity index is 1.73. The van der Waals surface area contributed by atoms with Crippen LogP contribution in [0.4, 0.5) is 14.6 Å². The van der Waals surface area contributed by atoms with Crippen molar-refractivity contribution in [3.8, 4) is 0 Å². The minimum Gasteiger partial charge on any atom is -0.366 e. The number of halogens is 2. The van der Waals surface area contributed by atoms with Gasteiger partial charge >= 0.3 is 0 Å². The number of nitrogens with zero attached hydrogens (tertiary/aromatic N) is 3. The molecule has 6 nitrogen and oxygen atoms in total. The van der Waals surface area contributed by atoms with Gasteiger partial charge in [-0.25, -0.2) is 18.7 Å². The largest absolute Gasteiger partial charge is 0.366 e. The minimum atomic E-state index is -0.892. The molecule has 0 spiro atoms. The van der Waals surface area contributed by atoms with E-state index < -0.39 is 17.5 Å². The number of aromatic nitrogens is 2. The maximum absolute atomic E-state index is 13.8. The van der Waals surface area contributed by atoms with Crippen LogP contribution in [0.5, 0.6) is 0 Å². The van der Waals surface area contributed by atoms with Crippen molar-refractivity contribution >= 4 is 22.6 Å². The lowest BCUT2D eigenvalue weighted by atomic mass is 10.0. The molecule has 28 heavy (non-hydrogen) atoms. The molecule has 3 N–H and O–H groups in total. The maximum Gasteiger partial charge on any atom is 0.250 e. The van der Waals surface area contributed by atoms with Crippen LogP contribution >= 0.6 is 0 Å². The summed E-state index contributed by atoms with van der Waals surface area (Å²) in [6, 6.07) is 8.67. The van der Waals surface area contributed by atoms with E-state index in [0.717, 1.165) is 25.6 Å². The number of likely N-dealkylation sites (tertiary alicyclic amines) is 1. The summed E-state index contributed by atoms with van der Waals surface area (Å²) in [6.07, 6.45) is 2.46. The van der Waals surface area contributed by atoms with E-state index in [1.54, 1.807) is 24.3 Å². The Morgan fingerprint density at radius 1 is 1.18 bits per heavy atom. The Bertz CT molecular complexity index is 1040. The number of para-hydroxylation sites is 1. The van der Waals surface area contributed by atoms with Crippen molar-refractivity contribution in [1.82, 2.24) is 14.9 Å². The van der Waals surface area contributed by atoms with Crippen molar-refractivity contribution in [2.24, 2.45) is 5.73 Å². The van der Waals surface area contributed by atoms with Crippen molar-refractivity contribution in [2.45, 2.75) is 12.5 Å². The van der Waals surface area contributed by atoms with Gasteiger partial charge in [0.15, 0.2) is 11.6 Å². The lowest BCUT2D eigenvalue weighted by Gasteiger charge is -2.34. The van der Waals surface area contributed by atoms with Crippen molar-refractivity contribution in [1.29, 1.82) is 0 Å². The van der Waals surface area contributed by atoms with Crippen molar-refractivity contribution < 1.29 is 13.6 Å². The van der Waals surface area contributed by atoms with Crippen LogP contribution in [0.25, 0.3) is 10.9 Å². The van der Waals surface area contributed by atoms with Gasteiger partial charge in [-0.05, 0) is 49.3 Å². The molecule has 3 aromatic rings. The van der Waals surface area contributed by atoms with Gasteiger partial charge in [-0.1, -0.05) is 12.1 Å². The molecule has 144 valence electrons. The van der Waals surface area contributed by atoms with E-state index >= 15 is 0 Å². The Kier molecular flexibility index (Phi) is 4.87. The zero-order valence-electron chi connectivity index (χ0n) is 15.0. The first-order chi connectivity index (χ1) is 13.5. The van der Waals surface area contributed by atoms with E-state index in [1.165, 1.54) is 12.4 Å². The maximum atomic E-state index is 13.8. The summed E-state index contributed by atoms with van der Waals surface area (Å²) in [5, 5.41) is 3.95. The first-order valence-corrected chi connectivity index (χ1v) is 9.00. The number of carbonyl (C=O) groups excluding carboxylic acids is 1. The standard InChI is InChI=1S/C20H19F2N5O/c21-15-6-5-12(9-16(15)22)17(10-27-7-2-8-27)26-20-14-4-1-3-13(19(23)28)18(14)24-11-25-20/h1,3-6,9,11,17H,2,7-8,10H2,(H2,23,28)(H,24,25,26)/t17-/m1/s1. The molecule has 8 heteroatoms. The molecule has 0 aliphatic carbocycles. The Morgan fingerprint density at radius 2 is 2.00 bits per heavy atom. The molecule has 2 heterocycles. The van der Waals surface area contributed by atoms with Crippen LogP contribution in [0.15, 0.2) is 42.7 Å². The predicted molar refractivity (Wildman–Crippen MR) is 102 cm³/mol. The second-order valence-electron chi connectivity index (χ2n) is 6.81. The Morgan fingerprint density at radius 3 is 2.68 bits per heavy atom. The third kappa shape index (κ3) is 3.50. The zero-order chi connectivity index (χ0) is 19.7. The van der Waals surface area contributed by atoms with Crippen molar-refractivity contribution in [3.05, 3.63) is 65.5 Å². The number of amides is 1. The molecule has 1 amide bonds. The summed E-state index contributed by atoms with van der Waals surface area (Å²) < 4.78 is 27.2. The molecule has 0 radical (unpaired) electrons. The highest BCUT2D eigenvalue weighted by molar-refractivity contribution is 6.06. The number of hydrogen-bond donors (Lipinski definition) is 2. The molecular formula is C20H19F2N5O. The lowest BCUT2D eigenvalue weighted by Crippen LogP contribution is -2.41. The van der Waals surface area contributed by atoms with Crippen LogP contribution < -0.4 is 11.1 Å². The van der Waals surface area contributed by atoms with E-state index in [0.29, 0.717) is 34.4 Å². The number of nitrogens with one attached hydrogen (secondary N) is 1. The number of rotatable bonds is 6. The molecule has 1 aliphatic rings. The minimum absolute atomic E-state index is 0.301. The fourth-order valence-corrected chi connectivity index (χ4v) is 3.35. The molecule has 4 rings (SSSR count). The fourth-order valence-electron chi connectivity index (χ4n) is 3.35. The number of carbonyl (C=O) groups is 1. The lowest BCUT2D eigenvalue weighted by molar-refractivity contribution is 0.100. The van der Waals surface area contributed by atoms with Gasteiger partial charge in [-0.2, -0.15) is 0 Å². The van der Waals surface area contributed by atoms with Crippen LogP contribution in [0.1, 0.15) is 28.4 Å². The van der Waals surface area contributed by atoms with Crippen LogP contribution in [0.2, 0.25) is 0 Å². The van der Waals surface area contributed by atoms with E-state index in [2.05, 4.69) is 20.2 Å². The van der Waals surface area contributed by atoms with Gasteiger partial charge in [0, 0.05) is 11.9 Å². The molecular weight excluding hydrogens is 364 g/mol.